The van der Waals surface area contributed by atoms with Crippen LogP contribution in [0, 0.1) is 0 Å². The van der Waals surface area contributed by atoms with Crippen LogP contribution in [0.5, 0.6) is 0 Å². The number of unbranched alkanes of at least 4 members (excludes halogenated alkanes) is 2. The lowest BCUT2D eigenvalue weighted by Crippen LogP contribution is -2.27. The zero-order valence-corrected chi connectivity index (χ0v) is 10.2. The highest BCUT2D eigenvalue weighted by Gasteiger charge is 1.90. The van der Waals surface area contributed by atoms with E-state index < -0.39 is 0 Å². The first-order valence-corrected chi connectivity index (χ1v) is 5.83. The Morgan fingerprint density at radius 1 is 0.867 bits per heavy atom. The second kappa shape index (κ2) is 13.8. The Bertz CT molecular complexity index is 101. The lowest BCUT2D eigenvalue weighted by atomic mass is 10.2. The molecular weight excluding hydrogens is 192 g/mol. The highest BCUT2D eigenvalue weighted by atomic mass is 16.5. The molecule has 0 fully saturated rings. The topological polar surface area (TPSA) is 42.5 Å². The smallest absolute Gasteiger partial charge is 0.0590 e. The van der Waals surface area contributed by atoms with Gasteiger partial charge in [0.2, 0.25) is 0 Å². The zero-order chi connectivity index (χ0) is 11.2. The van der Waals surface area contributed by atoms with E-state index in [2.05, 4.69) is 10.6 Å². The van der Waals surface area contributed by atoms with Gasteiger partial charge in [-0.25, -0.2) is 0 Å². The summed E-state index contributed by atoms with van der Waals surface area (Å²) in [5.74, 6) is 0. The molecule has 0 aromatic rings. The van der Waals surface area contributed by atoms with Gasteiger partial charge in [-0.3, -0.25) is 0 Å². The van der Waals surface area contributed by atoms with Crippen LogP contribution in [-0.4, -0.2) is 53.6 Å². The number of nitrogens with one attached hydrogen (secondary N) is 2. The van der Waals surface area contributed by atoms with Crippen molar-refractivity contribution in [2.24, 2.45) is 0 Å². The largest absolute Gasteiger partial charge is 0.385 e. The molecule has 0 unspecified atom stereocenters. The van der Waals surface area contributed by atoms with Gasteiger partial charge in [-0.1, -0.05) is 0 Å². The van der Waals surface area contributed by atoms with E-state index in [1.54, 1.807) is 7.11 Å². The molecule has 0 aromatic carbocycles. The van der Waals surface area contributed by atoms with Crippen LogP contribution in [0.15, 0.2) is 0 Å². The van der Waals surface area contributed by atoms with Gasteiger partial charge >= 0.3 is 0 Å². The van der Waals surface area contributed by atoms with Crippen molar-refractivity contribution in [2.45, 2.75) is 19.3 Å². The Balaban J connectivity index is 2.81. The van der Waals surface area contributed by atoms with Crippen molar-refractivity contribution < 1.29 is 9.47 Å². The monoisotopic (exact) mass is 218 g/mol. The summed E-state index contributed by atoms with van der Waals surface area (Å²) < 4.78 is 10.4. The van der Waals surface area contributed by atoms with Crippen molar-refractivity contribution in [1.82, 2.24) is 10.6 Å². The Hall–Kier alpha value is -0.160. The fourth-order valence-electron chi connectivity index (χ4n) is 1.21. The summed E-state index contributed by atoms with van der Waals surface area (Å²) in [7, 11) is 3.70. The molecule has 0 saturated heterocycles. The van der Waals surface area contributed by atoms with Crippen LogP contribution in [0.3, 0.4) is 0 Å². The van der Waals surface area contributed by atoms with Crippen LogP contribution in [0.1, 0.15) is 19.3 Å². The summed E-state index contributed by atoms with van der Waals surface area (Å²) >= 11 is 0. The molecule has 92 valence electrons. The van der Waals surface area contributed by atoms with E-state index in [1.807, 2.05) is 7.05 Å². The summed E-state index contributed by atoms with van der Waals surface area (Å²) in [4.78, 5) is 0. The highest BCUT2D eigenvalue weighted by molar-refractivity contribution is 4.48. The molecule has 0 aliphatic rings. The highest BCUT2D eigenvalue weighted by Crippen LogP contribution is 1.95. The lowest BCUT2D eigenvalue weighted by Gasteiger charge is -2.05. The van der Waals surface area contributed by atoms with Crippen LogP contribution in [-0.2, 0) is 9.47 Å². The fraction of sp³-hybridized carbons (Fsp3) is 1.00. The van der Waals surface area contributed by atoms with Gasteiger partial charge in [0.25, 0.3) is 0 Å². The van der Waals surface area contributed by atoms with E-state index >= 15 is 0 Å². The molecule has 0 aromatic heterocycles. The molecule has 0 aliphatic carbocycles. The Kier molecular flexibility index (Phi) is 13.7. The average molecular weight is 218 g/mol. The molecule has 0 rings (SSSR count). The number of methoxy groups -OCH3 is 1. The molecule has 0 saturated carbocycles. The van der Waals surface area contributed by atoms with E-state index in [4.69, 9.17) is 9.47 Å². The molecule has 0 spiro atoms. The van der Waals surface area contributed by atoms with Crippen molar-refractivity contribution in [2.75, 3.05) is 53.6 Å². The first-order valence-electron chi connectivity index (χ1n) is 5.83. The van der Waals surface area contributed by atoms with Crippen molar-refractivity contribution >= 4 is 0 Å². The molecule has 0 heterocycles. The second-order valence-electron chi connectivity index (χ2n) is 3.52. The van der Waals surface area contributed by atoms with Crippen LogP contribution in [0.2, 0.25) is 0 Å². The third-order valence-corrected chi connectivity index (χ3v) is 2.11. The maximum atomic E-state index is 5.47. The SMILES string of the molecule is CNCCNCCOCCCCCOC. The number of hydrogen-bond acceptors (Lipinski definition) is 4. The van der Waals surface area contributed by atoms with Crippen LogP contribution in [0.4, 0.5) is 0 Å². The first-order chi connectivity index (χ1) is 7.41. The third kappa shape index (κ3) is 13.8. The van der Waals surface area contributed by atoms with Crippen LogP contribution >= 0.6 is 0 Å². The molecule has 0 atom stereocenters. The van der Waals surface area contributed by atoms with E-state index in [-0.39, 0.29) is 0 Å². The minimum Gasteiger partial charge on any atom is -0.385 e. The minimum absolute atomic E-state index is 0.813. The summed E-state index contributed by atoms with van der Waals surface area (Å²) in [6.45, 7) is 5.52. The van der Waals surface area contributed by atoms with E-state index in [0.717, 1.165) is 52.3 Å². The summed E-state index contributed by atoms with van der Waals surface area (Å²) in [5.41, 5.74) is 0. The van der Waals surface area contributed by atoms with Crippen LogP contribution in [0.25, 0.3) is 0 Å². The number of ether oxygens (including phenoxy) is 2. The molecule has 4 heteroatoms. The molecule has 15 heavy (non-hydrogen) atoms. The van der Waals surface area contributed by atoms with Gasteiger partial charge < -0.3 is 20.1 Å². The predicted octanol–water partition coefficient (Wildman–Crippen LogP) is 0.629. The number of rotatable bonds is 12. The van der Waals surface area contributed by atoms with Crippen molar-refractivity contribution in [1.29, 1.82) is 0 Å². The van der Waals surface area contributed by atoms with Gasteiger partial charge in [-0.05, 0) is 26.3 Å². The summed E-state index contributed by atoms with van der Waals surface area (Å²) in [5, 5.41) is 6.37. The summed E-state index contributed by atoms with van der Waals surface area (Å²) in [6, 6.07) is 0. The molecule has 4 nitrogen and oxygen atoms in total. The normalized spacial score (nSPS) is 10.8. The average Bonchev–Trinajstić information content (AvgIpc) is 2.26. The van der Waals surface area contributed by atoms with Gasteiger partial charge in [-0.2, -0.15) is 0 Å². The predicted molar refractivity (Wildman–Crippen MR) is 63.3 cm³/mol. The lowest BCUT2D eigenvalue weighted by molar-refractivity contribution is 0.128. The van der Waals surface area contributed by atoms with Crippen LogP contribution < -0.4 is 10.6 Å². The standard InChI is InChI=1S/C11H26N2O2/c1-12-6-7-13-8-11-15-10-5-3-4-9-14-2/h12-13H,3-11H2,1-2H3. The van der Waals surface area contributed by atoms with Gasteiger partial charge in [0.15, 0.2) is 0 Å². The zero-order valence-electron chi connectivity index (χ0n) is 10.2. The minimum atomic E-state index is 0.813. The molecule has 0 radical (unpaired) electrons. The second-order valence-corrected chi connectivity index (χ2v) is 3.52. The summed E-state index contributed by atoms with van der Waals surface area (Å²) in [6.07, 6.45) is 3.47. The van der Waals surface area contributed by atoms with Crippen molar-refractivity contribution in [3.8, 4) is 0 Å². The van der Waals surface area contributed by atoms with E-state index in [9.17, 15) is 0 Å². The maximum absolute atomic E-state index is 5.47. The maximum Gasteiger partial charge on any atom is 0.0590 e. The molecule has 0 aliphatic heterocycles. The van der Waals surface area contributed by atoms with Gasteiger partial charge in [0, 0.05) is 40.0 Å². The first kappa shape index (κ1) is 14.8. The number of hydrogen-bond donors (Lipinski definition) is 2. The Morgan fingerprint density at radius 2 is 1.67 bits per heavy atom. The van der Waals surface area contributed by atoms with Crippen molar-refractivity contribution in [3.05, 3.63) is 0 Å². The van der Waals surface area contributed by atoms with Gasteiger partial charge in [0.1, 0.15) is 0 Å². The third-order valence-electron chi connectivity index (χ3n) is 2.11. The Morgan fingerprint density at radius 3 is 2.40 bits per heavy atom. The Labute approximate surface area is 93.7 Å². The quantitative estimate of drug-likeness (QED) is 0.472. The van der Waals surface area contributed by atoms with Crippen molar-refractivity contribution in [3.63, 3.8) is 0 Å². The molecule has 0 amide bonds. The molecular formula is C11H26N2O2. The van der Waals surface area contributed by atoms with Gasteiger partial charge in [0.05, 0.1) is 6.61 Å². The van der Waals surface area contributed by atoms with Gasteiger partial charge in [-0.15, -0.1) is 0 Å². The fourth-order valence-corrected chi connectivity index (χ4v) is 1.21. The van der Waals surface area contributed by atoms with E-state index in [0.29, 0.717) is 0 Å². The molecule has 2 N–H and O–H groups in total. The number of likely N-dealkylation sites (N-methyl/N-ethyl adjacent to an activating group) is 1. The molecule has 0 bridgehead atoms. The van der Waals surface area contributed by atoms with E-state index in [1.165, 1.54) is 6.42 Å².